The summed E-state index contributed by atoms with van der Waals surface area (Å²) in [5.74, 6) is 2.05. The number of hydrogen-bond acceptors (Lipinski definition) is 5. The molecule has 2 heterocycles. The van der Waals surface area contributed by atoms with Gasteiger partial charge in [-0.25, -0.2) is 4.99 Å². The van der Waals surface area contributed by atoms with E-state index < -0.39 is 0 Å². The SMILES string of the molecule is CNCC1CN(Cc2ccc(C3=NCC(c4ccc(CC(C)C)c(C#N)c4)=N3)c3ccccc23)C1. The molecule has 178 valence electrons. The van der Waals surface area contributed by atoms with Gasteiger partial charge in [0.25, 0.3) is 0 Å². The molecule has 0 radical (unpaired) electrons. The first-order chi connectivity index (χ1) is 17.1. The number of benzene rings is 3. The topological polar surface area (TPSA) is 63.8 Å². The van der Waals surface area contributed by atoms with Crippen molar-refractivity contribution in [3.63, 3.8) is 0 Å². The van der Waals surface area contributed by atoms with Crippen LogP contribution in [0.5, 0.6) is 0 Å². The summed E-state index contributed by atoms with van der Waals surface area (Å²) in [5.41, 5.74) is 6.19. The van der Waals surface area contributed by atoms with Crippen molar-refractivity contribution in [2.75, 3.05) is 33.2 Å². The quantitative estimate of drug-likeness (QED) is 0.521. The van der Waals surface area contributed by atoms with E-state index in [1.165, 1.54) is 16.3 Å². The molecule has 1 N–H and O–H groups in total. The van der Waals surface area contributed by atoms with Gasteiger partial charge in [0.15, 0.2) is 5.84 Å². The lowest BCUT2D eigenvalue weighted by Gasteiger charge is -2.39. The number of fused-ring (bicyclic) bond motifs is 1. The van der Waals surface area contributed by atoms with E-state index in [0.29, 0.717) is 12.5 Å². The monoisotopic (exact) mass is 463 g/mol. The molecule has 0 aliphatic carbocycles. The number of aliphatic imine (C=N–C) groups is 2. The first-order valence-corrected chi connectivity index (χ1v) is 12.6. The number of nitrogens with zero attached hydrogens (tertiary/aromatic N) is 4. The van der Waals surface area contributed by atoms with Crippen molar-refractivity contribution < 1.29 is 0 Å². The summed E-state index contributed by atoms with van der Waals surface area (Å²) in [4.78, 5) is 12.3. The third kappa shape index (κ3) is 4.91. The third-order valence-corrected chi connectivity index (χ3v) is 6.99. The van der Waals surface area contributed by atoms with Gasteiger partial charge in [-0.3, -0.25) is 9.89 Å². The van der Waals surface area contributed by atoms with Gasteiger partial charge in [0, 0.05) is 31.7 Å². The number of hydrogen-bond donors (Lipinski definition) is 1. The van der Waals surface area contributed by atoms with Crippen molar-refractivity contribution in [3.05, 3.63) is 82.4 Å². The lowest BCUT2D eigenvalue weighted by atomic mass is 9.95. The zero-order chi connectivity index (χ0) is 24.4. The number of rotatable bonds is 8. The predicted octanol–water partition coefficient (Wildman–Crippen LogP) is 4.81. The molecule has 2 aliphatic heterocycles. The Hall–Kier alpha value is -3.33. The predicted molar refractivity (Wildman–Crippen MR) is 144 cm³/mol. The molecule has 5 heteroatoms. The molecule has 0 aromatic heterocycles. The Morgan fingerprint density at radius 2 is 1.83 bits per heavy atom. The van der Waals surface area contributed by atoms with E-state index in [-0.39, 0.29) is 0 Å². The molecular weight excluding hydrogens is 430 g/mol. The summed E-state index contributed by atoms with van der Waals surface area (Å²) in [5, 5.41) is 15.4. The van der Waals surface area contributed by atoms with Gasteiger partial charge < -0.3 is 5.32 Å². The summed E-state index contributed by atoms with van der Waals surface area (Å²) in [7, 11) is 2.03. The van der Waals surface area contributed by atoms with E-state index >= 15 is 0 Å². The molecule has 3 aromatic carbocycles. The average molecular weight is 464 g/mol. The highest BCUT2D eigenvalue weighted by Gasteiger charge is 2.26. The standard InChI is InChI=1S/C30H33N5/c1-20(2)12-22-8-9-23(13-25(22)14-31)29-16-33-30(34-29)28-11-10-24(26-6-4-5-7-27(26)28)19-35-17-21(18-35)15-32-3/h4-11,13,20-21,32H,12,15-19H2,1-3H3. The summed E-state index contributed by atoms with van der Waals surface area (Å²) in [6.45, 7) is 9.26. The fourth-order valence-electron chi connectivity index (χ4n) is 5.29. The lowest BCUT2D eigenvalue weighted by Crippen LogP contribution is -2.49. The van der Waals surface area contributed by atoms with Crippen LogP contribution in [0.1, 0.15) is 41.7 Å². The first-order valence-electron chi connectivity index (χ1n) is 12.6. The van der Waals surface area contributed by atoms with Crippen LogP contribution >= 0.6 is 0 Å². The normalized spacial score (nSPS) is 16.3. The summed E-state index contributed by atoms with van der Waals surface area (Å²) in [6.07, 6.45) is 0.906. The minimum atomic E-state index is 0.513. The number of nitriles is 1. The summed E-state index contributed by atoms with van der Waals surface area (Å²) in [6, 6.07) is 21.5. The van der Waals surface area contributed by atoms with Gasteiger partial charge in [0.2, 0.25) is 0 Å². The van der Waals surface area contributed by atoms with Crippen molar-refractivity contribution in [3.8, 4) is 6.07 Å². The Kier molecular flexibility index (Phi) is 6.77. The third-order valence-electron chi connectivity index (χ3n) is 6.99. The molecule has 1 fully saturated rings. The van der Waals surface area contributed by atoms with Crippen LogP contribution in [0.15, 0.2) is 64.6 Å². The Balaban J connectivity index is 1.40. The van der Waals surface area contributed by atoms with Gasteiger partial charge in [-0.15, -0.1) is 0 Å². The molecule has 1 saturated heterocycles. The van der Waals surface area contributed by atoms with Crippen LogP contribution in [-0.2, 0) is 13.0 Å². The summed E-state index contributed by atoms with van der Waals surface area (Å²) >= 11 is 0. The van der Waals surface area contributed by atoms with Crippen LogP contribution in [0.25, 0.3) is 10.8 Å². The molecule has 2 aliphatic rings. The zero-order valence-electron chi connectivity index (χ0n) is 20.9. The Morgan fingerprint density at radius 3 is 2.57 bits per heavy atom. The van der Waals surface area contributed by atoms with Gasteiger partial charge >= 0.3 is 0 Å². The molecule has 3 aromatic rings. The zero-order valence-corrected chi connectivity index (χ0v) is 20.9. The maximum Gasteiger partial charge on any atom is 0.155 e. The fourth-order valence-corrected chi connectivity index (χ4v) is 5.29. The van der Waals surface area contributed by atoms with Crippen LogP contribution < -0.4 is 5.32 Å². The maximum atomic E-state index is 9.67. The number of amidine groups is 1. The Morgan fingerprint density at radius 1 is 1.06 bits per heavy atom. The van der Waals surface area contributed by atoms with E-state index in [0.717, 1.165) is 72.3 Å². The highest BCUT2D eigenvalue weighted by molar-refractivity contribution is 6.21. The molecule has 5 rings (SSSR count). The molecule has 0 atom stereocenters. The summed E-state index contributed by atoms with van der Waals surface area (Å²) < 4.78 is 0. The first kappa shape index (κ1) is 23.4. The Labute approximate surface area is 208 Å². The van der Waals surface area contributed by atoms with E-state index in [1.54, 1.807) is 0 Å². The second kappa shape index (κ2) is 10.1. The van der Waals surface area contributed by atoms with E-state index in [2.05, 4.69) is 78.7 Å². The smallest absolute Gasteiger partial charge is 0.155 e. The highest BCUT2D eigenvalue weighted by Crippen LogP contribution is 2.28. The fraction of sp³-hybridized carbons (Fsp3) is 0.367. The second-order valence-corrected chi connectivity index (χ2v) is 10.2. The molecule has 0 saturated carbocycles. The number of likely N-dealkylation sites (tertiary alicyclic amines) is 1. The van der Waals surface area contributed by atoms with Crippen molar-refractivity contribution in [1.82, 2.24) is 10.2 Å². The van der Waals surface area contributed by atoms with Crippen LogP contribution in [-0.4, -0.2) is 49.7 Å². The molecule has 0 unspecified atom stereocenters. The van der Waals surface area contributed by atoms with Crippen molar-refractivity contribution >= 4 is 22.3 Å². The molecule has 35 heavy (non-hydrogen) atoms. The van der Waals surface area contributed by atoms with Gasteiger partial charge in [-0.05, 0) is 58.8 Å². The minimum absolute atomic E-state index is 0.513. The molecule has 0 spiro atoms. The van der Waals surface area contributed by atoms with E-state index in [9.17, 15) is 5.26 Å². The van der Waals surface area contributed by atoms with E-state index in [4.69, 9.17) is 9.98 Å². The van der Waals surface area contributed by atoms with Gasteiger partial charge in [0.05, 0.1) is 23.9 Å². The molecule has 5 nitrogen and oxygen atoms in total. The van der Waals surface area contributed by atoms with Gasteiger partial charge in [-0.1, -0.05) is 62.4 Å². The van der Waals surface area contributed by atoms with Gasteiger partial charge in [-0.2, -0.15) is 5.26 Å². The maximum absolute atomic E-state index is 9.67. The van der Waals surface area contributed by atoms with Crippen LogP contribution in [0, 0.1) is 23.2 Å². The Bertz CT molecular complexity index is 1340. The largest absolute Gasteiger partial charge is 0.319 e. The van der Waals surface area contributed by atoms with E-state index in [1.807, 2.05) is 13.1 Å². The number of nitrogens with one attached hydrogen (secondary N) is 1. The lowest BCUT2D eigenvalue weighted by molar-refractivity contribution is 0.0937. The molecular formula is C30H33N5. The van der Waals surface area contributed by atoms with Crippen molar-refractivity contribution in [2.24, 2.45) is 21.8 Å². The van der Waals surface area contributed by atoms with Crippen molar-refractivity contribution in [1.29, 1.82) is 5.26 Å². The van der Waals surface area contributed by atoms with Crippen LogP contribution in [0.2, 0.25) is 0 Å². The van der Waals surface area contributed by atoms with Gasteiger partial charge in [0.1, 0.15) is 0 Å². The minimum Gasteiger partial charge on any atom is -0.319 e. The van der Waals surface area contributed by atoms with Crippen LogP contribution in [0.4, 0.5) is 0 Å². The van der Waals surface area contributed by atoms with Crippen molar-refractivity contribution in [2.45, 2.75) is 26.8 Å². The molecule has 0 amide bonds. The molecule has 0 bridgehead atoms. The second-order valence-electron chi connectivity index (χ2n) is 10.2. The average Bonchev–Trinajstić information content (AvgIpc) is 3.33. The highest BCUT2D eigenvalue weighted by atomic mass is 15.2. The van der Waals surface area contributed by atoms with Crippen LogP contribution in [0.3, 0.4) is 0 Å².